The number of ether oxygens (including phenoxy) is 2. The monoisotopic (exact) mass is 520 g/mol. The molecule has 0 bridgehead atoms. The van der Waals surface area contributed by atoms with Crippen molar-refractivity contribution >= 4 is 35.2 Å². The Morgan fingerprint density at radius 3 is 2.73 bits per heavy atom. The lowest BCUT2D eigenvalue weighted by molar-refractivity contribution is -0.137. The number of esters is 1. The lowest BCUT2D eigenvalue weighted by Gasteiger charge is -2.13. The maximum absolute atomic E-state index is 12.8. The fraction of sp³-hybridized carbons (Fsp3) is 0.259. The summed E-state index contributed by atoms with van der Waals surface area (Å²) < 4.78 is 10.6. The summed E-state index contributed by atoms with van der Waals surface area (Å²) in [4.78, 5) is 40.4. The average molecular weight is 521 g/mol. The minimum absolute atomic E-state index is 0.141. The van der Waals surface area contributed by atoms with Crippen LogP contribution < -0.4 is 21.1 Å². The number of cyclic esters (lactones) is 1. The SMILES string of the molecule is NCc1ccc(C(=O)Nc2ccncc2)cc1-c1cccc(OCC(=O)NCCSC2CCOC2=O)c1. The minimum atomic E-state index is -0.252. The van der Waals surface area contributed by atoms with E-state index in [0.29, 0.717) is 48.9 Å². The van der Waals surface area contributed by atoms with Gasteiger partial charge < -0.3 is 25.8 Å². The molecule has 1 fully saturated rings. The van der Waals surface area contributed by atoms with Gasteiger partial charge in [0.05, 0.1) is 6.61 Å². The number of carbonyl (C=O) groups is 3. The average Bonchev–Trinajstić information content (AvgIpc) is 3.34. The number of carbonyl (C=O) groups excluding carboxylic acids is 3. The molecule has 0 aliphatic carbocycles. The van der Waals surface area contributed by atoms with E-state index in [9.17, 15) is 14.4 Å². The number of nitrogens with zero attached hydrogens (tertiary/aromatic N) is 1. The number of anilines is 1. The van der Waals surface area contributed by atoms with Gasteiger partial charge in [0.1, 0.15) is 11.0 Å². The molecule has 0 spiro atoms. The molecular formula is C27H28N4O5S. The predicted octanol–water partition coefficient (Wildman–Crippen LogP) is 3.00. The van der Waals surface area contributed by atoms with Gasteiger partial charge >= 0.3 is 5.97 Å². The summed E-state index contributed by atoms with van der Waals surface area (Å²) in [5, 5.41) is 5.50. The topological polar surface area (TPSA) is 133 Å². The molecule has 0 saturated carbocycles. The number of pyridine rings is 1. The van der Waals surface area contributed by atoms with E-state index in [-0.39, 0.29) is 29.6 Å². The molecule has 1 atom stereocenters. The zero-order valence-electron chi connectivity index (χ0n) is 20.1. The van der Waals surface area contributed by atoms with Crippen LogP contribution in [0.2, 0.25) is 0 Å². The second-order valence-electron chi connectivity index (χ2n) is 8.25. The summed E-state index contributed by atoms with van der Waals surface area (Å²) >= 11 is 1.48. The Morgan fingerprint density at radius 2 is 1.97 bits per heavy atom. The Bertz CT molecular complexity index is 1250. The summed E-state index contributed by atoms with van der Waals surface area (Å²) in [6.45, 7) is 1.06. The van der Waals surface area contributed by atoms with Gasteiger partial charge in [0.25, 0.3) is 11.8 Å². The number of hydrogen-bond acceptors (Lipinski definition) is 8. The minimum Gasteiger partial charge on any atom is -0.484 e. The number of nitrogens with two attached hydrogens (primary N) is 1. The number of aromatic nitrogens is 1. The van der Waals surface area contributed by atoms with Crippen LogP contribution in [0.3, 0.4) is 0 Å². The first-order chi connectivity index (χ1) is 18.0. The Morgan fingerprint density at radius 1 is 1.14 bits per heavy atom. The van der Waals surface area contributed by atoms with Crippen molar-refractivity contribution in [1.82, 2.24) is 10.3 Å². The van der Waals surface area contributed by atoms with Crippen LogP contribution in [0.4, 0.5) is 5.69 Å². The van der Waals surface area contributed by atoms with Crippen molar-refractivity contribution in [1.29, 1.82) is 0 Å². The van der Waals surface area contributed by atoms with Crippen LogP contribution in [-0.2, 0) is 20.9 Å². The molecule has 2 amide bonds. The van der Waals surface area contributed by atoms with Gasteiger partial charge in [0.15, 0.2) is 6.61 Å². The van der Waals surface area contributed by atoms with Crippen molar-refractivity contribution in [3.63, 3.8) is 0 Å². The second kappa shape index (κ2) is 12.9. The van der Waals surface area contributed by atoms with Crippen LogP contribution in [-0.4, -0.2) is 53.5 Å². The molecule has 10 heteroatoms. The third kappa shape index (κ3) is 7.31. The second-order valence-corrected chi connectivity index (χ2v) is 9.56. The quantitative estimate of drug-likeness (QED) is 0.260. The highest BCUT2D eigenvalue weighted by Crippen LogP contribution is 2.28. The first-order valence-electron chi connectivity index (χ1n) is 11.9. The molecule has 1 saturated heterocycles. The highest BCUT2D eigenvalue weighted by atomic mass is 32.2. The van der Waals surface area contributed by atoms with Gasteiger partial charge in [-0.05, 0) is 53.1 Å². The first kappa shape index (κ1) is 26.2. The summed E-state index contributed by atoms with van der Waals surface area (Å²) in [5.74, 6) is 0.455. The molecular weight excluding hydrogens is 492 g/mol. The van der Waals surface area contributed by atoms with E-state index in [0.717, 1.165) is 16.7 Å². The van der Waals surface area contributed by atoms with Crippen LogP contribution in [0, 0.1) is 0 Å². The van der Waals surface area contributed by atoms with Gasteiger partial charge in [0.2, 0.25) is 0 Å². The fourth-order valence-electron chi connectivity index (χ4n) is 3.78. The summed E-state index contributed by atoms with van der Waals surface area (Å²) in [5.41, 5.74) is 9.59. The summed E-state index contributed by atoms with van der Waals surface area (Å²) in [6.07, 6.45) is 3.93. The predicted molar refractivity (Wildman–Crippen MR) is 142 cm³/mol. The molecule has 2 aromatic carbocycles. The molecule has 192 valence electrons. The Balaban J connectivity index is 1.35. The van der Waals surface area contributed by atoms with Crippen LogP contribution in [0.5, 0.6) is 5.75 Å². The summed E-state index contributed by atoms with van der Waals surface area (Å²) in [7, 11) is 0. The van der Waals surface area contributed by atoms with Crippen molar-refractivity contribution in [2.75, 3.05) is 30.8 Å². The van der Waals surface area contributed by atoms with Gasteiger partial charge in [0, 0.05) is 48.9 Å². The van der Waals surface area contributed by atoms with Gasteiger partial charge in [-0.15, -0.1) is 11.8 Å². The van der Waals surface area contributed by atoms with E-state index in [1.54, 1.807) is 42.7 Å². The smallest absolute Gasteiger partial charge is 0.319 e. The maximum Gasteiger partial charge on any atom is 0.319 e. The molecule has 3 aromatic rings. The molecule has 1 aliphatic rings. The number of hydrogen-bond donors (Lipinski definition) is 3. The van der Waals surface area contributed by atoms with E-state index in [4.69, 9.17) is 15.2 Å². The zero-order chi connectivity index (χ0) is 26.0. The van der Waals surface area contributed by atoms with E-state index in [2.05, 4.69) is 15.6 Å². The highest BCUT2D eigenvalue weighted by molar-refractivity contribution is 8.00. The summed E-state index contributed by atoms with van der Waals surface area (Å²) in [6, 6.07) is 16.1. The van der Waals surface area contributed by atoms with Crippen molar-refractivity contribution in [2.45, 2.75) is 18.2 Å². The fourth-order valence-corrected chi connectivity index (χ4v) is 4.75. The Hall–Kier alpha value is -3.89. The largest absolute Gasteiger partial charge is 0.484 e. The van der Waals surface area contributed by atoms with E-state index >= 15 is 0 Å². The molecule has 2 heterocycles. The van der Waals surface area contributed by atoms with E-state index in [1.807, 2.05) is 24.3 Å². The van der Waals surface area contributed by atoms with Gasteiger partial charge in [-0.25, -0.2) is 0 Å². The number of nitrogens with one attached hydrogen (secondary N) is 2. The van der Waals surface area contributed by atoms with Crippen LogP contribution >= 0.6 is 11.8 Å². The number of benzene rings is 2. The molecule has 1 aromatic heterocycles. The van der Waals surface area contributed by atoms with E-state index in [1.165, 1.54) is 11.8 Å². The first-order valence-corrected chi connectivity index (χ1v) is 12.9. The number of amides is 2. The Labute approximate surface area is 219 Å². The molecule has 4 N–H and O–H groups in total. The van der Waals surface area contributed by atoms with Crippen molar-refractivity contribution in [3.05, 3.63) is 78.1 Å². The number of rotatable bonds is 11. The van der Waals surface area contributed by atoms with Crippen molar-refractivity contribution in [2.24, 2.45) is 5.73 Å². The molecule has 9 nitrogen and oxygen atoms in total. The molecule has 1 unspecified atom stereocenters. The zero-order valence-corrected chi connectivity index (χ0v) is 21.0. The molecule has 4 rings (SSSR count). The standard InChI is InChI=1S/C27H28N4O5S/c28-16-20-5-4-19(26(33)31-21-6-9-29-10-7-21)15-23(20)18-2-1-3-22(14-18)36-17-25(32)30-11-13-37-24-8-12-35-27(24)34/h1-7,9-10,14-15,24H,8,11-13,16-17,28H2,(H,30,32)(H,29,31,33). The third-order valence-electron chi connectivity index (χ3n) is 5.68. The Kier molecular flexibility index (Phi) is 9.12. The van der Waals surface area contributed by atoms with E-state index < -0.39 is 0 Å². The van der Waals surface area contributed by atoms with Crippen LogP contribution in [0.1, 0.15) is 22.3 Å². The van der Waals surface area contributed by atoms with Crippen molar-refractivity contribution < 1.29 is 23.9 Å². The van der Waals surface area contributed by atoms with Gasteiger partial charge in [-0.2, -0.15) is 0 Å². The normalized spacial score (nSPS) is 14.6. The highest BCUT2D eigenvalue weighted by Gasteiger charge is 2.26. The third-order valence-corrected chi connectivity index (χ3v) is 6.95. The van der Waals surface area contributed by atoms with Gasteiger partial charge in [-0.3, -0.25) is 19.4 Å². The van der Waals surface area contributed by atoms with Gasteiger partial charge in [-0.1, -0.05) is 18.2 Å². The maximum atomic E-state index is 12.8. The van der Waals surface area contributed by atoms with Crippen LogP contribution in [0.25, 0.3) is 11.1 Å². The van der Waals surface area contributed by atoms with Crippen LogP contribution in [0.15, 0.2) is 67.0 Å². The molecule has 0 radical (unpaired) electrons. The number of thioether (sulfide) groups is 1. The molecule has 1 aliphatic heterocycles. The van der Waals surface area contributed by atoms with Crippen molar-refractivity contribution in [3.8, 4) is 16.9 Å². The lowest BCUT2D eigenvalue weighted by Crippen LogP contribution is -2.31. The lowest BCUT2D eigenvalue weighted by atomic mass is 9.96. The molecule has 37 heavy (non-hydrogen) atoms.